The molecular weight excluding hydrogens is 354 g/mol. The van der Waals surface area contributed by atoms with Gasteiger partial charge < -0.3 is 20.1 Å². The van der Waals surface area contributed by atoms with Crippen molar-refractivity contribution in [2.75, 3.05) is 25.5 Å². The Labute approximate surface area is 164 Å². The van der Waals surface area contributed by atoms with Crippen LogP contribution in [0.4, 0.5) is 5.69 Å². The summed E-state index contributed by atoms with van der Waals surface area (Å²) >= 11 is 0. The number of anilines is 1. The summed E-state index contributed by atoms with van der Waals surface area (Å²) in [4.78, 5) is 13.3. The van der Waals surface area contributed by atoms with Gasteiger partial charge in [-0.25, -0.2) is 4.98 Å². The number of hydrogen-bond donors (Lipinski definition) is 2. The van der Waals surface area contributed by atoms with Crippen molar-refractivity contribution in [3.05, 3.63) is 55.0 Å². The number of para-hydroxylation sites is 2. The van der Waals surface area contributed by atoms with Crippen LogP contribution in [0.2, 0.25) is 0 Å². The summed E-state index contributed by atoms with van der Waals surface area (Å²) in [6.45, 7) is 1.85. The average Bonchev–Trinajstić information content (AvgIpc) is 3.27. The Hall–Kier alpha value is -3.19. The van der Waals surface area contributed by atoms with E-state index in [2.05, 4.69) is 25.6 Å². The fourth-order valence-electron chi connectivity index (χ4n) is 3.17. The summed E-state index contributed by atoms with van der Waals surface area (Å²) in [6.07, 6.45) is 7.57. The molecule has 2 aromatic heterocycles. The Morgan fingerprint density at radius 3 is 2.79 bits per heavy atom. The third-order valence-electron chi connectivity index (χ3n) is 4.65. The van der Waals surface area contributed by atoms with Crippen LogP contribution in [0.3, 0.4) is 0 Å². The van der Waals surface area contributed by atoms with Gasteiger partial charge in [0.15, 0.2) is 17.3 Å². The van der Waals surface area contributed by atoms with Gasteiger partial charge in [-0.15, -0.1) is 0 Å². The van der Waals surface area contributed by atoms with E-state index in [0.717, 1.165) is 30.8 Å². The number of ether oxygens (including phenoxy) is 2. The first-order valence-corrected chi connectivity index (χ1v) is 9.39. The Morgan fingerprint density at radius 1 is 1.14 bits per heavy atom. The Kier molecular flexibility index (Phi) is 5.63. The molecular formula is C21H23N5O2. The smallest absolute Gasteiger partial charge is 0.246 e. The van der Waals surface area contributed by atoms with E-state index >= 15 is 0 Å². The van der Waals surface area contributed by atoms with E-state index in [-0.39, 0.29) is 0 Å². The second-order valence-electron chi connectivity index (χ2n) is 6.58. The maximum atomic E-state index is 6.13. The predicted molar refractivity (Wildman–Crippen MR) is 108 cm³/mol. The molecule has 7 nitrogen and oxygen atoms in total. The molecule has 7 heteroatoms. The minimum atomic E-state index is 0.442. The van der Waals surface area contributed by atoms with E-state index in [1.807, 2.05) is 36.4 Å². The number of hydrogen-bond acceptors (Lipinski definition) is 7. The van der Waals surface area contributed by atoms with Gasteiger partial charge in [-0.2, -0.15) is 4.98 Å². The summed E-state index contributed by atoms with van der Waals surface area (Å²) in [6, 6.07) is 11.7. The summed E-state index contributed by atoms with van der Waals surface area (Å²) in [5, 5.41) is 6.90. The maximum absolute atomic E-state index is 6.13. The molecule has 3 aromatic rings. The minimum Gasteiger partial charge on any atom is -0.493 e. The number of methoxy groups -OCH3 is 1. The molecule has 3 heterocycles. The van der Waals surface area contributed by atoms with E-state index in [1.165, 1.54) is 6.42 Å². The van der Waals surface area contributed by atoms with Gasteiger partial charge in [0.1, 0.15) is 5.69 Å². The number of nitrogens with one attached hydrogen (secondary N) is 2. The van der Waals surface area contributed by atoms with Crippen molar-refractivity contribution < 1.29 is 9.47 Å². The molecule has 0 radical (unpaired) electrons. The number of rotatable bonds is 7. The highest BCUT2D eigenvalue weighted by Gasteiger charge is 2.17. The molecule has 1 atom stereocenters. The van der Waals surface area contributed by atoms with Crippen molar-refractivity contribution in [2.45, 2.75) is 18.9 Å². The number of benzene rings is 1. The molecule has 0 saturated carbocycles. The van der Waals surface area contributed by atoms with Crippen LogP contribution in [0.1, 0.15) is 12.8 Å². The van der Waals surface area contributed by atoms with Gasteiger partial charge in [0.25, 0.3) is 0 Å². The molecule has 1 saturated heterocycles. The molecule has 4 rings (SSSR count). The van der Waals surface area contributed by atoms with Crippen molar-refractivity contribution in [1.29, 1.82) is 0 Å². The molecule has 0 bridgehead atoms. The van der Waals surface area contributed by atoms with Crippen LogP contribution in [-0.2, 0) is 0 Å². The fourth-order valence-corrected chi connectivity index (χ4v) is 3.17. The Balaban J connectivity index is 1.64. The van der Waals surface area contributed by atoms with Gasteiger partial charge in [0, 0.05) is 30.5 Å². The Bertz CT molecular complexity index is 914. The lowest BCUT2D eigenvalue weighted by molar-refractivity contribution is 0.374. The van der Waals surface area contributed by atoms with Crippen LogP contribution >= 0.6 is 0 Å². The molecule has 0 unspecified atom stereocenters. The lowest BCUT2D eigenvalue weighted by Crippen LogP contribution is -2.29. The molecule has 0 amide bonds. The lowest BCUT2D eigenvalue weighted by atomic mass is 10.2. The molecule has 28 heavy (non-hydrogen) atoms. The second kappa shape index (κ2) is 8.67. The largest absolute Gasteiger partial charge is 0.493 e. The van der Waals surface area contributed by atoms with Crippen molar-refractivity contribution in [1.82, 2.24) is 20.3 Å². The van der Waals surface area contributed by atoms with E-state index in [0.29, 0.717) is 29.2 Å². The van der Waals surface area contributed by atoms with Crippen molar-refractivity contribution in [3.8, 4) is 28.8 Å². The molecule has 1 aromatic carbocycles. The third-order valence-corrected chi connectivity index (χ3v) is 4.65. The second-order valence-corrected chi connectivity index (χ2v) is 6.58. The molecule has 0 spiro atoms. The van der Waals surface area contributed by atoms with Gasteiger partial charge in [-0.1, -0.05) is 12.1 Å². The molecule has 2 N–H and O–H groups in total. The van der Waals surface area contributed by atoms with Crippen LogP contribution < -0.4 is 20.1 Å². The zero-order valence-corrected chi connectivity index (χ0v) is 15.8. The van der Waals surface area contributed by atoms with E-state index in [4.69, 9.17) is 9.47 Å². The van der Waals surface area contributed by atoms with Gasteiger partial charge in [0.05, 0.1) is 13.3 Å². The van der Waals surface area contributed by atoms with Crippen LogP contribution in [-0.4, -0.2) is 41.2 Å². The monoisotopic (exact) mass is 377 g/mol. The summed E-state index contributed by atoms with van der Waals surface area (Å²) < 4.78 is 11.5. The van der Waals surface area contributed by atoms with E-state index < -0.39 is 0 Å². The quantitative estimate of drug-likeness (QED) is 0.652. The van der Waals surface area contributed by atoms with Gasteiger partial charge in [0.2, 0.25) is 5.88 Å². The molecule has 0 aliphatic carbocycles. The SMILES string of the molecule is COc1ccccc1Oc1nc(-c2cccnc2)ncc1NC[C@@H]1CCCN1. The summed E-state index contributed by atoms with van der Waals surface area (Å²) in [5.74, 6) is 2.26. The molecule has 1 fully saturated rings. The molecule has 1 aliphatic heterocycles. The van der Waals surface area contributed by atoms with Crippen LogP contribution in [0.25, 0.3) is 11.4 Å². The van der Waals surface area contributed by atoms with E-state index in [1.54, 1.807) is 25.7 Å². The lowest BCUT2D eigenvalue weighted by Gasteiger charge is -2.16. The summed E-state index contributed by atoms with van der Waals surface area (Å²) in [5.41, 5.74) is 1.57. The Morgan fingerprint density at radius 2 is 2.04 bits per heavy atom. The highest BCUT2D eigenvalue weighted by molar-refractivity contribution is 5.60. The molecule has 1 aliphatic rings. The first-order chi connectivity index (χ1) is 13.8. The number of pyridine rings is 1. The van der Waals surface area contributed by atoms with Gasteiger partial charge >= 0.3 is 0 Å². The highest BCUT2D eigenvalue weighted by Crippen LogP contribution is 2.34. The topological polar surface area (TPSA) is 81.2 Å². The van der Waals surface area contributed by atoms with E-state index in [9.17, 15) is 0 Å². The van der Waals surface area contributed by atoms with Crippen molar-refractivity contribution in [3.63, 3.8) is 0 Å². The van der Waals surface area contributed by atoms with Crippen LogP contribution in [0.5, 0.6) is 17.4 Å². The van der Waals surface area contributed by atoms with Crippen LogP contribution in [0, 0.1) is 0 Å². The first-order valence-electron chi connectivity index (χ1n) is 9.39. The standard InChI is InChI=1S/C21H23N5O2/c1-27-18-8-2-3-9-19(18)28-21-17(24-13-16-7-5-11-23-16)14-25-20(26-21)15-6-4-10-22-12-15/h2-4,6,8-10,12,14,16,23-24H,5,7,11,13H2,1H3/t16-/m0/s1. The number of aromatic nitrogens is 3. The third kappa shape index (κ3) is 4.20. The van der Waals surface area contributed by atoms with Crippen molar-refractivity contribution >= 4 is 5.69 Å². The first kappa shape index (κ1) is 18.2. The van der Waals surface area contributed by atoms with Gasteiger partial charge in [-0.3, -0.25) is 4.98 Å². The summed E-state index contributed by atoms with van der Waals surface area (Å²) in [7, 11) is 1.62. The zero-order chi connectivity index (χ0) is 19.2. The van der Waals surface area contributed by atoms with Crippen molar-refractivity contribution in [2.24, 2.45) is 0 Å². The van der Waals surface area contributed by atoms with Gasteiger partial charge in [-0.05, 0) is 43.7 Å². The fraction of sp³-hybridized carbons (Fsp3) is 0.286. The average molecular weight is 377 g/mol. The predicted octanol–water partition coefficient (Wildman–Crippen LogP) is 3.50. The van der Waals surface area contributed by atoms with Crippen LogP contribution in [0.15, 0.2) is 55.0 Å². The minimum absolute atomic E-state index is 0.442. The zero-order valence-electron chi connectivity index (χ0n) is 15.8. The highest BCUT2D eigenvalue weighted by atomic mass is 16.5. The maximum Gasteiger partial charge on any atom is 0.246 e. The number of nitrogens with zero attached hydrogens (tertiary/aromatic N) is 3. The molecule has 144 valence electrons. The normalized spacial score (nSPS) is 16.0.